The minimum absolute atomic E-state index is 0.0108. The summed E-state index contributed by atoms with van der Waals surface area (Å²) in [5, 5.41) is 16.0. The molecule has 1 atom stereocenters. The zero-order valence-electron chi connectivity index (χ0n) is 16.8. The molecule has 9 heteroatoms. The van der Waals surface area contributed by atoms with Gasteiger partial charge in [0.25, 0.3) is 0 Å². The number of hydrogen-bond donors (Lipinski definition) is 0. The lowest BCUT2D eigenvalue weighted by Gasteiger charge is -2.20. The fraction of sp³-hybridized carbons (Fsp3) is 0.350. The molecule has 3 rings (SSSR count). The fourth-order valence-corrected chi connectivity index (χ4v) is 3.41. The predicted octanol–water partition coefficient (Wildman–Crippen LogP) is 2.58. The Bertz CT molecular complexity index is 1160. The first-order valence-corrected chi connectivity index (χ1v) is 9.30. The lowest BCUT2D eigenvalue weighted by atomic mass is 10.1. The van der Waals surface area contributed by atoms with E-state index in [1.54, 1.807) is 44.4 Å². The number of rotatable bonds is 6. The Balaban J connectivity index is 2.41. The summed E-state index contributed by atoms with van der Waals surface area (Å²) in [5.41, 5.74) is -1.07. The fourth-order valence-electron chi connectivity index (χ4n) is 3.41. The van der Waals surface area contributed by atoms with Gasteiger partial charge in [0.2, 0.25) is 0 Å². The Hall–Kier alpha value is -3.49. The Morgan fingerprint density at radius 2 is 1.79 bits per heavy atom. The van der Waals surface area contributed by atoms with Gasteiger partial charge in [0.15, 0.2) is 0 Å². The smallest absolute Gasteiger partial charge is 0.287 e. The average Bonchev–Trinajstić information content (AvgIpc) is 3.09. The van der Waals surface area contributed by atoms with Crippen LogP contribution < -0.4 is 11.2 Å². The maximum Gasteiger partial charge on any atom is 0.358 e. The number of hydrogen-bond acceptors (Lipinski definition) is 5. The number of aromatic nitrogens is 4. The summed E-state index contributed by atoms with van der Waals surface area (Å²) in [4.78, 5) is 37.8. The molecule has 0 spiro atoms. The quantitative estimate of drug-likeness (QED) is 0.470. The monoisotopic (exact) mass is 397 g/mol. The van der Waals surface area contributed by atoms with Gasteiger partial charge in [0.05, 0.1) is 17.2 Å². The van der Waals surface area contributed by atoms with Crippen LogP contribution in [-0.2, 0) is 13.6 Å². The lowest BCUT2D eigenvalue weighted by Crippen LogP contribution is -2.44. The van der Waals surface area contributed by atoms with E-state index in [0.29, 0.717) is 11.1 Å². The second kappa shape index (κ2) is 7.86. The molecule has 9 nitrogen and oxygen atoms in total. The van der Waals surface area contributed by atoms with Crippen LogP contribution in [0.5, 0.6) is 0 Å². The maximum absolute atomic E-state index is 13.4. The molecule has 29 heavy (non-hydrogen) atoms. The third kappa shape index (κ3) is 3.75. The first kappa shape index (κ1) is 20.2. The van der Waals surface area contributed by atoms with Crippen LogP contribution in [0.2, 0.25) is 0 Å². The van der Waals surface area contributed by atoms with E-state index < -0.39 is 27.9 Å². The zero-order chi connectivity index (χ0) is 21.3. The van der Waals surface area contributed by atoms with Gasteiger partial charge in [-0.1, -0.05) is 44.2 Å². The lowest BCUT2D eigenvalue weighted by molar-refractivity contribution is -0.386. The van der Waals surface area contributed by atoms with E-state index in [9.17, 15) is 19.7 Å². The van der Waals surface area contributed by atoms with Crippen molar-refractivity contribution in [3.63, 3.8) is 0 Å². The second-order valence-corrected chi connectivity index (χ2v) is 7.41. The highest BCUT2D eigenvalue weighted by atomic mass is 16.6. The second-order valence-electron chi connectivity index (χ2n) is 7.41. The van der Waals surface area contributed by atoms with Crippen LogP contribution in [-0.4, -0.2) is 23.8 Å². The van der Waals surface area contributed by atoms with Crippen LogP contribution in [0.25, 0.3) is 11.3 Å². The van der Waals surface area contributed by atoms with Gasteiger partial charge < -0.3 is 0 Å². The molecule has 0 N–H and O–H groups in total. The normalized spacial score (nSPS) is 12.3. The van der Waals surface area contributed by atoms with Gasteiger partial charge in [-0.2, -0.15) is 5.10 Å². The largest absolute Gasteiger partial charge is 0.358 e. The minimum Gasteiger partial charge on any atom is -0.287 e. The Morgan fingerprint density at radius 3 is 2.31 bits per heavy atom. The van der Waals surface area contributed by atoms with E-state index in [2.05, 4.69) is 5.10 Å². The number of benzene rings is 1. The molecule has 0 aliphatic rings. The summed E-state index contributed by atoms with van der Waals surface area (Å²) in [6.07, 6.45) is 2.98. The van der Waals surface area contributed by atoms with Crippen molar-refractivity contribution in [2.45, 2.75) is 33.4 Å². The van der Waals surface area contributed by atoms with Gasteiger partial charge >= 0.3 is 16.9 Å². The molecule has 0 aliphatic heterocycles. The van der Waals surface area contributed by atoms with Crippen molar-refractivity contribution in [1.82, 2.24) is 18.9 Å². The van der Waals surface area contributed by atoms with Crippen molar-refractivity contribution in [3.05, 3.63) is 79.2 Å². The third-order valence-electron chi connectivity index (χ3n) is 4.73. The van der Waals surface area contributed by atoms with Crippen molar-refractivity contribution in [3.8, 4) is 11.3 Å². The highest BCUT2D eigenvalue weighted by Crippen LogP contribution is 2.27. The Labute approximate surface area is 167 Å². The molecule has 0 fully saturated rings. The Kier molecular flexibility index (Phi) is 5.49. The van der Waals surface area contributed by atoms with E-state index in [1.165, 1.54) is 15.4 Å². The molecule has 152 valence electrons. The van der Waals surface area contributed by atoms with E-state index in [-0.39, 0.29) is 18.2 Å². The molecule has 0 radical (unpaired) electrons. The maximum atomic E-state index is 13.4. The van der Waals surface area contributed by atoms with Crippen LogP contribution in [0.15, 0.2) is 52.3 Å². The van der Waals surface area contributed by atoms with Crippen LogP contribution in [0.1, 0.15) is 32.4 Å². The minimum atomic E-state index is -0.921. The highest BCUT2D eigenvalue weighted by Gasteiger charge is 2.31. The first-order valence-electron chi connectivity index (χ1n) is 9.30. The standard InChI is InChI=1S/C20H23N5O4/c1-13(2)11-23-17(16-10-21-22(4)12-16)18(25(28)29)19(26)24(20(23)27)14(3)15-8-6-5-7-9-15/h5-10,12-14H,11H2,1-4H3. The molecule has 1 unspecified atom stereocenters. The molecular formula is C20H23N5O4. The Morgan fingerprint density at radius 1 is 1.14 bits per heavy atom. The summed E-state index contributed by atoms with van der Waals surface area (Å²) in [6.45, 7) is 5.72. The first-order chi connectivity index (χ1) is 13.7. The summed E-state index contributed by atoms with van der Waals surface area (Å²) in [5.74, 6) is 0.0284. The van der Waals surface area contributed by atoms with Crippen molar-refractivity contribution in [2.24, 2.45) is 13.0 Å². The molecule has 2 heterocycles. The summed E-state index contributed by atoms with van der Waals surface area (Å²) >= 11 is 0. The van der Waals surface area contributed by atoms with Crippen LogP contribution >= 0.6 is 0 Å². The molecule has 2 aromatic heterocycles. The van der Waals surface area contributed by atoms with Crippen molar-refractivity contribution in [2.75, 3.05) is 0 Å². The van der Waals surface area contributed by atoms with E-state index in [0.717, 1.165) is 4.57 Å². The topological polar surface area (TPSA) is 105 Å². The van der Waals surface area contributed by atoms with Crippen molar-refractivity contribution >= 4 is 5.69 Å². The molecule has 0 bridgehead atoms. The molecule has 1 aromatic carbocycles. The molecule has 0 saturated carbocycles. The zero-order valence-corrected chi connectivity index (χ0v) is 16.8. The highest BCUT2D eigenvalue weighted by molar-refractivity contribution is 5.68. The molecule has 3 aromatic rings. The van der Waals surface area contributed by atoms with E-state index in [1.807, 2.05) is 19.9 Å². The number of nitro groups is 1. The van der Waals surface area contributed by atoms with E-state index in [4.69, 9.17) is 0 Å². The molecule has 0 amide bonds. The van der Waals surface area contributed by atoms with Gasteiger partial charge in [0, 0.05) is 25.4 Å². The summed E-state index contributed by atoms with van der Waals surface area (Å²) in [6, 6.07) is 8.32. The van der Waals surface area contributed by atoms with Crippen LogP contribution in [0.4, 0.5) is 5.69 Å². The molecule has 0 aliphatic carbocycles. The number of nitrogens with zero attached hydrogens (tertiary/aromatic N) is 5. The van der Waals surface area contributed by atoms with E-state index >= 15 is 0 Å². The van der Waals surface area contributed by atoms with Gasteiger partial charge in [-0.05, 0) is 18.4 Å². The third-order valence-corrected chi connectivity index (χ3v) is 4.73. The van der Waals surface area contributed by atoms with Crippen LogP contribution in [0.3, 0.4) is 0 Å². The van der Waals surface area contributed by atoms with Gasteiger partial charge in [-0.15, -0.1) is 0 Å². The SMILES string of the molecule is CC(C)Cn1c(-c2cnn(C)c2)c([N+](=O)[O-])c(=O)n(C(C)c2ccccc2)c1=O. The molecule has 0 saturated heterocycles. The summed E-state index contributed by atoms with van der Waals surface area (Å²) in [7, 11) is 1.67. The molecular weight excluding hydrogens is 374 g/mol. The number of aryl methyl sites for hydroxylation is 1. The van der Waals surface area contributed by atoms with Gasteiger partial charge in [0.1, 0.15) is 5.69 Å². The van der Waals surface area contributed by atoms with Gasteiger partial charge in [-0.3, -0.25) is 24.2 Å². The van der Waals surface area contributed by atoms with Crippen LogP contribution in [0, 0.1) is 16.0 Å². The predicted molar refractivity (Wildman–Crippen MR) is 109 cm³/mol. The van der Waals surface area contributed by atoms with Crippen molar-refractivity contribution < 1.29 is 4.92 Å². The van der Waals surface area contributed by atoms with Crippen molar-refractivity contribution in [1.29, 1.82) is 0 Å². The average molecular weight is 397 g/mol. The van der Waals surface area contributed by atoms with Gasteiger partial charge in [-0.25, -0.2) is 9.36 Å². The summed E-state index contributed by atoms with van der Waals surface area (Å²) < 4.78 is 3.76.